The highest BCUT2D eigenvalue weighted by atomic mass is 16.3. The molecule has 1 aromatic carbocycles. The van der Waals surface area contributed by atoms with Crippen molar-refractivity contribution in [2.24, 2.45) is 11.5 Å². The number of nitrogens with two attached hydrogens (primary N) is 2. The normalized spacial score (nSPS) is 14.2. The van der Waals surface area contributed by atoms with E-state index in [0.717, 1.165) is 5.56 Å². The number of anilines is 1. The van der Waals surface area contributed by atoms with E-state index in [0.29, 0.717) is 5.69 Å². The Balaban J connectivity index is 2.87. The molecule has 2 unspecified atom stereocenters. The third kappa shape index (κ3) is 2.71. The molecule has 0 heterocycles. The summed E-state index contributed by atoms with van der Waals surface area (Å²) in [6.45, 7) is 1.73. The van der Waals surface area contributed by atoms with Crippen LogP contribution in [0.15, 0.2) is 24.3 Å². The number of rotatable bonds is 3. The number of benzene rings is 1. The van der Waals surface area contributed by atoms with Gasteiger partial charge in [-0.1, -0.05) is 12.1 Å². The summed E-state index contributed by atoms with van der Waals surface area (Å²) < 4.78 is 0. The predicted octanol–water partition coefficient (Wildman–Crippen LogP) is 0.582. The lowest BCUT2D eigenvalue weighted by molar-refractivity contribution is 0.153. The lowest BCUT2D eigenvalue weighted by Crippen LogP contribution is -2.31. The van der Waals surface area contributed by atoms with Gasteiger partial charge in [-0.3, -0.25) is 4.90 Å². The standard InChI is InChI=1S/C11H17N3O2/c1-7(12)10(15)8-3-5-9(6-4-8)14(2)11(13)16/h3-7,10,15H,12H2,1-2H3,(H2,13,16). The highest BCUT2D eigenvalue weighted by Gasteiger charge is 2.13. The van der Waals surface area contributed by atoms with E-state index in [2.05, 4.69) is 0 Å². The molecule has 0 fully saturated rings. The smallest absolute Gasteiger partial charge is 0.318 e. The maximum atomic E-state index is 10.9. The van der Waals surface area contributed by atoms with Crippen molar-refractivity contribution in [2.75, 3.05) is 11.9 Å². The zero-order valence-corrected chi connectivity index (χ0v) is 9.42. The van der Waals surface area contributed by atoms with Gasteiger partial charge in [-0.2, -0.15) is 0 Å². The molecule has 0 saturated heterocycles. The molecular weight excluding hydrogens is 206 g/mol. The Labute approximate surface area is 94.7 Å². The lowest BCUT2D eigenvalue weighted by atomic mass is 10.0. The van der Waals surface area contributed by atoms with Crippen molar-refractivity contribution in [3.63, 3.8) is 0 Å². The fraction of sp³-hybridized carbons (Fsp3) is 0.364. The van der Waals surface area contributed by atoms with E-state index >= 15 is 0 Å². The summed E-state index contributed by atoms with van der Waals surface area (Å²) in [7, 11) is 1.58. The van der Waals surface area contributed by atoms with Crippen LogP contribution < -0.4 is 16.4 Å². The van der Waals surface area contributed by atoms with Crippen molar-refractivity contribution >= 4 is 11.7 Å². The van der Waals surface area contributed by atoms with Crippen LogP contribution in [-0.4, -0.2) is 24.2 Å². The zero-order valence-electron chi connectivity index (χ0n) is 9.42. The molecule has 0 saturated carbocycles. The van der Waals surface area contributed by atoms with Gasteiger partial charge in [0.25, 0.3) is 0 Å². The van der Waals surface area contributed by atoms with Gasteiger partial charge in [0.1, 0.15) is 0 Å². The van der Waals surface area contributed by atoms with Crippen molar-refractivity contribution in [1.29, 1.82) is 0 Å². The van der Waals surface area contributed by atoms with Gasteiger partial charge in [-0.15, -0.1) is 0 Å². The predicted molar refractivity (Wildman–Crippen MR) is 63.0 cm³/mol. The topological polar surface area (TPSA) is 92.6 Å². The third-order valence-electron chi connectivity index (χ3n) is 2.45. The molecule has 0 spiro atoms. The van der Waals surface area contributed by atoms with E-state index < -0.39 is 12.1 Å². The minimum Gasteiger partial charge on any atom is -0.387 e. The van der Waals surface area contributed by atoms with E-state index in [-0.39, 0.29) is 6.04 Å². The molecule has 5 nitrogen and oxygen atoms in total. The molecular formula is C11H17N3O2. The Bertz CT molecular complexity index is 362. The average molecular weight is 223 g/mol. The largest absolute Gasteiger partial charge is 0.387 e. The molecule has 2 amide bonds. The molecule has 0 aliphatic heterocycles. The molecule has 2 atom stereocenters. The molecule has 5 heteroatoms. The molecule has 88 valence electrons. The third-order valence-corrected chi connectivity index (χ3v) is 2.45. The van der Waals surface area contributed by atoms with Crippen LogP contribution in [0.5, 0.6) is 0 Å². The molecule has 1 rings (SSSR count). The summed E-state index contributed by atoms with van der Waals surface area (Å²) in [6.07, 6.45) is -0.701. The fourth-order valence-corrected chi connectivity index (χ4v) is 1.33. The van der Waals surface area contributed by atoms with Crippen LogP contribution >= 0.6 is 0 Å². The minimum atomic E-state index is -0.701. The van der Waals surface area contributed by atoms with Gasteiger partial charge in [-0.05, 0) is 24.6 Å². The summed E-state index contributed by atoms with van der Waals surface area (Å²) in [6, 6.07) is 6.02. The number of nitrogens with zero attached hydrogens (tertiary/aromatic N) is 1. The second-order valence-corrected chi connectivity index (χ2v) is 3.79. The summed E-state index contributed by atoms with van der Waals surface area (Å²) in [4.78, 5) is 12.2. The Kier molecular flexibility index (Phi) is 3.87. The average Bonchev–Trinajstić information content (AvgIpc) is 2.27. The van der Waals surface area contributed by atoms with Gasteiger partial charge in [0, 0.05) is 18.8 Å². The molecule has 0 aromatic heterocycles. The van der Waals surface area contributed by atoms with Crippen molar-refractivity contribution in [3.05, 3.63) is 29.8 Å². The van der Waals surface area contributed by atoms with E-state index in [1.165, 1.54) is 4.90 Å². The molecule has 0 aliphatic carbocycles. The number of aliphatic hydroxyl groups is 1. The highest BCUT2D eigenvalue weighted by molar-refractivity contribution is 5.89. The van der Waals surface area contributed by atoms with Gasteiger partial charge >= 0.3 is 6.03 Å². The second-order valence-electron chi connectivity index (χ2n) is 3.79. The van der Waals surface area contributed by atoms with Crippen LogP contribution in [0.2, 0.25) is 0 Å². The van der Waals surface area contributed by atoms with Gasteiger partial charge in [0.2, 0.25) is 0 Å². The minimum absolute atomic E-state index is 0.334. The first kappa shape index (κ1) is 12.5. The van der Waals surface area contributed by atoms with Crippen molar-refractivity contribution < 1.29 is 9.90 Å². The molecule has 0 aliphatic rings. The van der Waals surface area contributed by atoms with Gasteiger partial charge in [0.15, 0.2) is 0 Å². The number of primary amides is 1. The number of carbonyl (C=O) groups excluding carboxylic acids is 1. The quantitative estimate of drug-likeness (QED) is 0.699. The fourth-order valence-electron chi connectivity index (χ4n) is 1.33. The summed E-state index contributed by atoms with van der Waals surface area (Å²) >= 11 is 0. The summed E-state index contributed by atoms with van der Waals surface area (Å²) in [5.41, 5.74) is 12.1. The molecule has 0 radical (unpaired) electrons. The molecule has 1 aromatic rings. The van der Waals surface area contributed by atoms with Crippen molar-refractivity contribution in [3.8, 4) is 0 Å². The Morgan fingerprint density at radius 2 is 1.88 bits per heavy atom. The summed E-state index contributed by atoms with van der Waals surface area (Å²) in [5.74, 6) is 0. The van der Waals surface area contributed by atoms with Gasteiger partial charge in [0.05, 0.1) is 6.10 Å². The number of hydrogen-bond donors (Lipinski definition) is 3. The first-order valence-electron chi connectivity index (χ1n) is 5.00. The number of carbonyl (C=O) groups is 1. The Morgan fingerprint density at radius 1 is 1.38 bits per heavy atom. The van der Waals surface area contributed by atoms with Crippen LogP contribution in [0, 0.1) is 0 Å². The van der Waals surface area contributed by atoms with Crippen LogP contribution in [0.1, 0.15) is 18.6 Å². The number of hydrogen-bond acceptors (Lipinski definition) is 3. The van der Waals surface area contributed by atoms with E-state index in [1.54, 1.807) is 38.2 Å². The first-order valence-corrected chi connectivity index (χ1v) is 5.00. The van der Waals surface area contributed by atoms with Crippen LogP contribution in [-0.2, 0) is 0 Å². The van der Waals surface area contributed by atoms with Crippen LogP contribution in [0.4, 0.5) is 10.5 Å². The number of amides is 2. The Hall–Kier alpha value is -1.59. The number of urea groups is 1. The molecule has 0 bridgehead atoms. The van der Waals surface area contributed by atoms with Crippen molar-refractivity contribution in [1.82, 2.24) is 0 Å². The van der Waals surface area contributed by atoms with Crippen LogP contribution in [0.3, 0.4) is 0 Å². The lowest BCUT2D eigenvalue weighted by Gasteiger charge is -2.17. The maximum absolute atomic E-state index is 10.9. The van der Waals surface area contributed by atoms with Gasteiger partial charge in [-0.25, -0.2) is 4.79 Å². The number of aliphatic hydroxyl groups excluding tert-OH is 1. The van der Waals surface area contributed by atoms with Gasteiger partial charge < -0.3 is 16.6 Å². The van der Waals surface area contributed by atoms with E-state index in [9.17, 15) is 9.90 Å². The molecule has 16 heavy (non-hydrogen) atoms. The zero-order chi connectivity index (χ0) is 12.3. The van der Waals surface area contributed by atoms with E-state index in [1.807, 2.05) is 0 Å². The van der Waals surface area contributed by atoms with E-state index in [4.69, 9.17) is 11.5 Å². The SMILES string of the molecule is CC(N)C(O)c1ccc(N(C)C(N)=O)cc1. The Morgan fingerprint density at radius 3 is 2.25 bits per heavy atom. The monoisotopic (exact) mass is 223 g/mol. The summed E-state index contributed by atoms with van der Waals surface area (Å²) in [5, 5.41) is 9.71. The second kappa shape index (κ2) is 4.96. The van der Waals surface area contributed by atoms with Crippen LogP contribution in [0.25, 0.3) is 0 Å². The van der Waals surface area contributed by atoms with Crippen molar-refractivity contribution in [2.45, 2.75) is 19.1 Å². The molecule has 5 N–H and O–H groups in total. The maximum Gasteiger partial charge on any atom is 0.318 e. The first-order chi connectivity index (χ1) is 7.43. The highest BCUT2D eigenvalue weighted by Crippen LogP contribution is 2.19.